The van der Waals surface area contributed by atoms with Crippen molar-refractivity contribution in [3.8, 4) is 10.8 Å². The number of thiophene rings is 1. The van der Waals surface area contributed by atoms with Crippen LogP contribution in [0.2, 0.25) is 5.02 Å². The summed E-state index contributed by atoms with van der Waals surface area (Å²) in [4.78, 5) is 165. The molecule has 7 aromatic heterocycles. The van der Waals surface area contributed by atoms with E-state index in [2.05, 4.69) is 109 Å². The van der Waals surface area contributed by atoms with Crippen LogP contribution in [0.1, 0.15) is 234 Å². The van der Waals surface area contributed by atoms with Gasteiger partial charge in [0.15, 0.2) is 23.3 Å². The van der Waals surface area contributed by atoms with E-state index in [1.165, 1.54) is 118 Å². The first kappa shape index (κ1) is 109. The van der Waals surface area contributed by atoms with Crippen molar-refractivity contribution in [3.63, 3.8) is 0 Å². The summed E-state index contributed by atoms with van der Waals surface area (Å²) in [5.41, 5.74) is 5.33. The van der Waals surface area contributed by atoms with Crippen LogP contribution < -0.4 is 63.2 Å². The van der Waals surface area contributed by atoms with E-state index in [0.717, 1.165) is 70.3 Å². The zero-order valence-electron chi connectivity index (χ0n) is 81.9. The molecule has 0 saturated heterocycles. The molecule has 2 aromatic carbocycles. The lowest BCUT2D eigenvalue weighted by molar-refractivity contribution is -0.122. The molecule has 0 bridgehead atoms. The van der Waals surface area contributed by atoms with Gasteiger partial charge in [-0.25, -0.2) is 15.0 Å². The first-order valence-electron chi connectivity index (χ1n) is 47.9. The van der Waals surface area contributed by atoms with E-state index in [0.29, 0.717) is 127 Å². The molecule has 9 aromatic rings. The van der Waals surface area contributed by atoms with Crippen LogP contribution >= 0.6 is 22.9 Å². The number of rotatable bonds is 64. The van der Waals surface area contributed by atoms with Crippen LogP contribution in [-0.2, 0) is 87.7 Å². The standard InChI is InChI=1S/C97H135ClN24O17S/c1-11-12-13-14-15-16-17-18-19-20-21-22-23-26-82(125)108-77-63-120(9)90(112-77)95(132)105-71-57-75(117(6)60-71)93(130)102-43-37-84(127)110-79-64-121(10)91(113-79)96(133)106-72-58-76(118(7)61-72)92(129)101-42-36-83(126)109-78-62-119(8)89(111-78)94(131)103-41-35-80(123)99-39-24-44-116(5)45-25-40-100-81(124)38-46-134-47-48-135-49-50-136-51-52-137-53-54-138-55-56-139-73-33-31-70(32-34-73)104-85(128)59-74-88-115-114-67(4)122(88)97-86(65(2)66(3)140-97)87(107-74)68-27-29-69(98)30-28-68/h27-34,57-58,60-64,74H,11-26,35-56,59H2,1-10H3,(H,99,123)(H,100,124)(H,101,129)(H,102,130)(H,103,131)(H,104,128)(H,105,132)(H,106,133)(H,108,125)(H,109,126)(H,110,127). The van der Waals surface area contributed by atoms with Gasteiger partial charge in [0.25, 0.3) is 29.5 Å². The van der Waals surface area contributed by atoms with Gasteiger partial charge in [0.2, 0.25) is 52.9 Å². The minimum absolute atomic E-state index is 0.00717. The summed E-state index contributed by atoms with van der Waals surface area (Å²) in [7, 11) is 9.96. The van der Waals surface area contributed by atoms with Crippen LogP contribution in [0.15, 0.2) is 96.6 Å². The van der Waals surface area contributed by atoms with Crippen molar-refractivity contribution < 1.29 is 81.2 Å². The Labute approximate surface area is 824 Å². The normalized spacial score (nSPS) is 12.1. The summed E-state index contributed by atoms with van der Waals surface area (Å²) in [5.74, 6) is -2.22. The van der Waals surface area contributed by atoms with Crippen molar-refractivity contribution in [2.24, 2.45) is 40.2 Å². The quantitative estimate of drug-likeness (QED) is 0.0158. The Morgan fingerprint density at radius 3 is 1.33 bits per heavy atom. The second kappa shape index (κ2) is 57.6. The predicted molar refractivity (Wildman–Crippen MR) is 533 cm³/mol. The lowest BCUT2D eigenvalue weighted by atomic mass is 9.99. The Morgan fingerprint density at radius 2 is 0.843 bits per heavy atom. The SMILES string of the molecule is CCCCCCCCCCCCCCCC(=O)Nc1cn(C)c(C(=O)Nc2cc(C(=O)NCCC(=O)Nc3cn(C)c(C(=O)Nc4cc(C(=O)NCCC(=O)Nc5cn(C)c(C(=O)NCCC(=O)NCCCN(C)CCCNC(=O)CCOCCOCCOCCOCCOCCOc6ccc(NC(=O)CC7N=C(c8ccc(Cl)cc8)c8c(sc(C)c8C)-n8c(C)nnc87)cc6)n5)n(C)c4)n3)n(C)c2)n1. The van der Waals surface area contributed by atoms with Gasteiger partial charge in [0.05, 0.1) is 89.6 Å². The van der Waals surface area contributed by atoms with Crippen LogP contribution in [0, 0.1) is 20.8 Å². The fraction of sp³-hybridized carbons (Fsp3) is 0.515. The highest BCUT2D eigenvalue weighted by Crippen LogP contribution is 2.40. The third-order valence-corrected chi connectivity index (χ3v) is 24.3. The van der Waals surface area contributed by atoms with Gasteiger partial charge in [0, 0.05) is 158 Å². The van der Waals surface area contributed by atoms with E-state index in [-0.39, 0.29) is 134 Å². The van der Waals surface area contributed by atoms with Gasteiger partial charge < -0.3 is 115 Å². The number of carbonyl (C=O) groups excluding carboxylic acids is 11. The summed E-state index contributed by atoms with van der Waals surface area (Å²) in [6.07, 6.45) is 25.0. The Bertz CT molecular complexity index is 5620. The topological polar surface area (TPSA) is 485 Å². The molecule has 11 amide bonds. The Hall–Kier alpha value is -12.8. The van der Waals surface area contributed by atoms with Crippen molar-refractivity contribution >= 4 is 128 Å². The van der Waals surface area contributed by atoms with Gasteiger partial charge in [-0.1, -0.05) is 108 Å². The number of halogens is 1. The molecular formula is C97H135ClN24O17S. The van der Waals surface area contributed by atoms with E-state index in [1.54, 1.807) is 83.2 Å². The molecule has 0 saturated carbocycles. The average molecular weight is 1980 g/mol. The number of hydrogen-bond donors (Lipinski definition) is 11. The molecule has 1 aliphatic rings. The molecule has 1 unspecified atom stereocenters. The van der Waals surface area contributed by atoms with E-state index in [4.69, 9.17) is 45.0 Å². The Balaban J connectivity index is 0.480. The monoisotopic (exact) mass is 1970 g/mol. The van der Waals surface area contributed by atoms with Crippen LogP contribution in [-0.4, -0.2) is 254 Å². The number of fused-ring (bicyclic) bond motifs is 3. The minimum atomic E-state index is -0.651. The smallest absolute Gasteiger partial charge is 0.291 e. The van der Waals surface area contributed by atoms with Crippen LogP contribution in [0.25, 0.3) is 5.00 Å². The Morgan fingerprint density at radius 1 is 0.414 bits per heavy atom. The summed E-state index contributed by atoms with van der Waals surface area (Å²) in [6, 6.07) is 17.0. The average Bonchev–Trinajstić information content (AvgIpc) is 1.59. The van der Waals surface area contributed by atoms with Crippen molar-refractivity contribution in [2.75, 3.05) is 157 Å². The maximum Gasteiger partial charge on any atom is 0.291 e. The molecule has 758 valence electrons. The van der Waals surface area contributed by atoms with E-state index in [9.17, 15) is 52.7 Å². The third-order valence-electron chi connectivity index (χ3n) is 22.9. The number of carbonyl (C=O) groups is 11. The van der Waals surface area contributed by atoms with Gasteiger partial charge in [0.1, 0.15) is 40.6 Å². The second-order valence-electron chi connectivity index (χ2n) is 34.2. The van der Waals surface area contributed by atoms with Gasteiger partial charge in [-0.05, 0) is 114 Å². The molecule has 43 heteroatoms. The molecule has 0 fully saturated rings. The number of nitrogens with zero attached hydrogens (tertiary/aromatic N) is 13. The highest BCUT2D eigenvalue weighted by atomic mass is 35.5. The number of anilines is 6. The largest absolute Gasteiger partial charge is 0.491 e. The fourth-order valence-corrected chi connectivity index (χ4v) is 16.7. The number of unbranched alkanes of at least 4 members (excludes halogenated alkanes) is 12. The van der Waals surface area contributed by atoms with Gasteiger partial charge in [-0.2, -0.15) is 0 Å². The van der Waals surface area contributed by atoms with E-state index < -0.39 is 47.4 Å². The number of nitrogens with one attached hydrogen (secondary N) is 11. The highest BCUT2D eigenvalue weighted by molar-refractivity contribution is 7.15. The van der Waals surface area contributed by atoms with Crippen molar-refractivity contribution in [2.45, 2.75) is 169 Å². The van der Waals surface area contributed by atoms with E-state index in [1.807, 2.05) is 42.8 Å². The summed E-state index contributed by atoms with van der Waals surface area (Å²) in [6.45, 7) is 14.6. The number of aliphatic imine (C=N–C) groups is 1. The maximum atomic E-state index is 13.6. The van der Waals surface area contributed by atoms with Gasteiger partial charge in [-0.3, -0.25) is 62.3 Å². The van der Waals surface area contributed by atoms with Gasteiger partial charge in [-0.15, -0.1) is 21.5 Å². The van der Waals surface area contributed by atoms with Gasteiger partial charge >= 0.3 is 0 Å². The molecule has 1 aliphatic heterocycles. The van der Waals surface area contributed by atoms with Crippen LogP contribution in [0.5, 0.6) is 5.75 Å². The third kappa shape index (κ3) is 35.8. The summed E-state index contributed by atoms with van der Waals surface area (Å²) in [5, 5.41) is 40.8. The number of ether oxygens (including phenoxy) is 6. The molecule has 0 spiro atoms. The number of benzene rings is 2. The fourth-order valence-electron chi connectivity index (χ4n) is 15.3. The molecule has 140 heavy (non-hydrogen) atoms. The Kier molecular flexibility index (Phi) is 44.9. The summed E-state index contributed by atoms with van der Waals surface area (Å²) >= 11 is 7.92. The van der Waals surface area contributed by atoms with Crippen molar-refractivity contribution in [3.05, 3.63) is 159 Å². The molecular weight excluding hydrogens is 1840 g/mol. The van der Waals surface area contributed by atoms with E-state index >= 15 is 0 Å². The zero-order valence-corrected chi connectivity index (χ0v) is 83.4. The summed E-state index contributed by atoms with van der Waals surface area (Å²) < 4.78 is 43.2. The molecule has 10 rings (SSSR count). The first-order chi connectivity index (χ1) is 67.6. The molecule has 0 aliphatic carbocycles. The molecule has 0 radical (unpaired) electrons. The van der Waals surface area contributed by atoms with Crippen molar-refractivity contribution in [1.29, 1.82) is 0 Å². The first-order valence-corrected chi connectivity index (χ1v) is 49.1. The minimum Gasteiger partial charge on any atom is -0.491 e. The zero-order chi connectivity index (χ0) is 100. The highest BCUT2D eigenvalue weighted by Gasteiger charge is 2.34. The van der Waals surface area contributed by atoms with Crippen LogP contribution in [0.3, 0.4) is 0 Å². The maximum absolute atomic E-state index is 13.6. The lowest BCUT2D eigenvalue weighted by Gasteiger charge is -2.16. The number of amides is 11. The number of hydrogen-bond acceptors (Lipinski definition) is 25. The number of imidazole rings is 3. The molecule has 11 N–H and O–H groups in total. The molecule has 8 heterocycles. The molecule has 1 atom stereocenters. The van der Waals surface area contributed by atoms with Crippen LogP contribution in [0.4, 0.5) is 34.5 Å². The number of aromatic nitrogens is 11. The lowest BCUT2D eigenvalue weighted by Crippen LogP contribution is -2.33. The predicted octanol–water partition coefficient (Wildman–Crippen LogP) is 10.8. The molecule has 41 nitrogen and oxygen atoms in total. The van der Waals surface area contributed by atoms with Crippen molar-refractivity contribution in [1.82, 2.24) is 84.0 Å². The number of aryl methyl sites for hydroxylation is 7. The second-order valence-corrected chi connectivity index (χ2v) is 35.9.